The highest BCUT2D eigenvalue weighted by molar-refractivity contribution is 5.76. The first kappa shape index (κ1) is 15.4. The average molecular weight is 258 g/mol. The number of hydrogen-bond acceptors (Lipinski definition) is 4. The first-order valence-corrected chi connectivity index (χ1v) is 6.66. The molecule has 1 fully saturated rings. The van der Waals surface area contributed by atoms with Gasteiger partial charge in [0, 0.05) is 39.8 Å². The van der Waals surface area contributed by atoms with Gasteiger partial charge in [0.1, 0.15) is 0 Å². The number of ether oxygens (including phenoxy) is 2. The Morgan fingerprint density at radius 3 is 2.72 bits per heavy atom. The molecule has 0 saturated heterocycles. The molecule has 1 rings (SSSR count). The third kappa shape index (κ3) is 4.92. The van der Waals surface area contributed by atoms with E-state index in [9.17, 15) is 4.79 Å². The highest BCUT2D eigenvalue weighted by Gasteiger charge is 2.31. The number of nitrogens with two attached hydrogens (primary N) is 1. The maximum atomic E-state index is 11.9. The van der Waals surface area contributed by atoms with Crippen LogP contribution in [0, 0.1) is 5.92 Å². The summed E-state index contributed by atoms with van der Waals surface area (Å²) < 4.78 is 10.4. The second-order valence-electron chi connectivity index (χ2n) is 5.11. The lowest BCUT2D eigenvalue weighted by atomic mass is 9.80. The van der Waals surface area contributed by atoms with Gasteiger partial charge in [0.15, 0.2) is 0 Å². The smallest absolute Gasteiger partial charge is 0.222 e. The van der Waals surface area contributed by atoms with Gasteiger partial charge in [-0.15, -0.1) is 0 Å². The molecule has 1 amide bonds. The van der Waals surface area contributed by atoms with E-state index in [4.69, 9.17) is 15.2 Å². The van der Waals surface area contributed by atoms with Crippen LogP contribution in [0.15, 0.2) is 0 Å². The van der Waals surface area contributed by atoms with E-state index >= 15 is 0 Å². The van der Waals surface area contributed by atoms with Gasteiger partial charge in [0.2, 0.25) is 5.91 Å². The Hall–Kier alpha value is -0.650. The molecule has 0 aromatic rings. The summed E-state index contributed by atoms with van der Waals surface area (Å²) in [5.41, 5.74) is 5.82. The highest BCUT2D eigenvalue weighted by Crippen LogP contribution is 2.32. The molecule has 2 N–H and O–H groups in total. The Bertz CT molecular complexity index is 255. The van der Waals surface area contributed by atoms with Gasteiger partial charge in [-0.05, 0) is 25.7 Å². The maximum absolute atomic E-state index is 11.9. The average Bonchev–Trinajstić information content (AvgIpc) is 2.26. The van der Waals surface area contributed by atoms with Crippen molar-refractivity contribution in [3.8, 4) is 0 Å². The second-order valence-corrected chi connectivity index (χ2v) is 5.11. The van der Waals surface area contributed by atoms with Crippen LogP contribution in [0.5, 0.6) is 0 Å². The maximum Gasteiger partial charge on any atom is 0.222 e. The van der Waals surface area contributed by atoms with Crippen molar-refractivity contribution in [1.82, 2.24) is 4.90 Å². The molecule has 0 heterocycles. The summed E-state index contributed by atoms with van der Waals surface area (Å²) in [6.07, 6.45) is 3.00. The summed E-state index contributed by atoms with van der Waals surface area (Å²) in [4.78, 5) is 13.6. The standard InChI is InChI=1S/C13H26N2O3/c1-4-18-12-5-10(6-12)7-13(16)15(2)8-11(14)9-17-3/h10-12H,4-9,14H2,1-3H3. The zero-order valence-electron chi connectivity index (χ0n) is 11.7. The van der Waals surface area contributed by atoms with Gasteiger partial charge in [-0.25, -0.2) is 0 Å². The van der Waals surface area contributed by atoms with Crippen molar-refractivity contribution in [3.05, 3.63) is 0 Å². The molecule has 0 aliphatic heterocycles. The molecule has 5 heteroatoms. The Labute approximate surface area is 110 Å². The van der Waals surface area contributed by atoms with Crippen LogP contribution in [0.3, 0.4) is 0 Å². The molecular weight excluding hydrogens is 232 g/mol. The van der Waals surface area contributed by atoms with Gasteiger partial charge in [-0.1, -0.05) is 0 Å². The lowest BCUT2D eigenvalue weighted by Crippen LogP contribution is -2.43. The molecule has 1 aliphatic rings. The van der Waals surface area contributed by atoms with E-state index in [1.165, 1.54) is 0 Å². The monoisotopic (exact) mass is 258 g/mol. The van der Waals surface area contributed by atoms with Gasteiger partial charge < -0.3 is 20.1 Å². The molecule has 1 aliphatic carbocycles. The van der Waals surface area contributed by atoms with Crippen LogP contribution in [0.2, 0.25) is 0 Å². The summed E-state index contributed by atoms with van der Waals surface area (Å²) in [7, 11) is 3.42. The van der Waals surface area contributed by atoms with Crippen molar-refractivity contribution >= 4 is 5.91 Å². The van der Waals surface area contributed by atoms with Crippen molar-refractivity contribution in [2.75, 3.05) is 33.9 Å². The third-order valence-corrected chi connectivity index (χ3v) is 3.37. The van der Waals surface area contributed by atoms with Gasteiger partial charge in [-0.3, -0.25) is 4.79 Å². The van der Waals surface area contributed by atoms with E-state index < -0.39 is 0 Å². The Balaban J connectivity index is 2.17. The number of nitrogens with zero attached hydrogens (tertiary/aromatic N) is 1. The van der Waals surface area contributed by atoms with Gasteiger partial charge in [0.25, 0.3) is 0 Å². The lowest BCUT2D eigenvalue weighted by molar-refractivity contribution is -0.133. The number of rotatable bonds is 8. The summed E-state index contributed by atoms with van der Waals surface area (Å²) in [6, 6.07) is -0.110. The molecule has 0 radical (unpaired) electrons. The fourth-order valence-electron chi connectivity index (χ4n) is 2.34. The van der Waals surface area contributed by atoms with E-state index in [1.807, 2.05) is 6.92 Å². The molecule has 1 unspecified atom stereocenters. The number of carbonyl (C=O) groups is 1. The van der Waals surface area contributed by atoms with E-state index in [-0.39, 0.29) is 11.9 Å². The summed E-state index contributed by atoms with van der Waals surface area (Å²) in [5.74, 6) is 0.650. The Kier molecular flexibility index (Phi) is 6.60. The van der Waals surface area contributed by atoms with E-state index in [2.05, 4.69) is 0 Å². The summed E-state index contributed by atoms with van der Waals surface area (Å²) >= 11 is 0. The minimum Gasteiger partial charge on any atom is -0.383 e. The lowest BCUT2D eigenvalue weighted by Gasteiger charge is -2.35. The molecule has 5 nitrogen and oxygen atoms in total. The number of hydrogen-bond donors (Lipinski definition) is 1. The number of amides is 1. The number of likely N-dealkylation sites (N-methyl/N-ethyl adjacent to an activating group) is 1. The topological polar surface area (TPSA) is 64.8 Å². The predicted molar refractivity (Wildman–Crippen MR) is 70.2 cm³/mol. The fraction of sp³-hybridized carbons (Fsp3) is 0.923. The fourth-order valence-corrected chi connectivity index (χ4v) is 2.34. The van der Waals surface area contributed by atoms with E-state index in [1.54, 1.807) is 19.1 Å². The van der Waals surface area contributed by atoms with Crippen LogP contribution in [0.1, 0.15) is 26.2 Å². The molecule has 0 spiro atoms. The molecular formula is C13H26N2O3. The molecule has 0 aromatic heterocycles. The molecule has 1 atom stereocenters. The zero-order chi connectivity index (χ0) is 13.5. The number of carbonyl (C=O) groups excluding carboxylic acids is 1. The molecule has 1 saturated carbocycles. The van der Waals surface area contributed by atoms with Crippen LogP contribution in [0.25, 0.3) is 0 Å². The molecule has 18 heavy (non-hydrogen) atoms. The van der Waals surface area contributed by atoms with Crippen LogP contribution in [-0.2, 0) is 14.3 Å². The third-order valence-electron chi connectivity index (χ3n) is 3.37. The van der Waals surface area contributed by atoms with E-state index in [0.717, 1.165) is 19.4 Å². The molecule has 0 aromatic carbocycles. The largest absolute Gasteiger partial charge is 0.383 e. The Morgan fingerprint density at radius 1 is 1.50 bits per heavy atom. The summed E-state index contributed by atoms with van der Waals surface area (Å²) in [6.45, 7) is 3.79. The minimum absolute atomic E-state index is 0.110. The van der Waals surface area contributed by atoms with Gasteiger partial charge in [-0.2, -0.15) is 0 Å². The first-order valence-electron chi connectivity index (χ1n) is 6.66. The number of methoxy groups -OCH3 is 1. The van der Waals surface area contributed by atoms with Crippen LogP contribution >= 0.6 is 0 Å². The van der Waals surface area contributed by atoms with Crippen molar-refractivity contribution in [2.45, 2.75) is 38.3 Å². The van der Waals surface area contributed by atoms with Gasteiger partial charge >= 0.3 is 0 Å². The van der Waals surface area contributed by atoms with Crippen LogP contribution in [0.4, 0.5) is 0 Å². The highest BCUT2D eigenvalue weighted by atomic mass is 16.5. The minimum atomic E-state index is -0.110. The van der Waals surface area contributed by atoms with Crippen LogP contribution in [-0.4, -0.2) is 56.9 Å². The van der Waals surface area contributed by atoms with Crippen LogP contribution < -0.4 is 5.73 Å². The van der Waals surface area contributed by atoms with Gasteiger partial charge in [0.05, 0.1) is 12.7 Å². The normalized spacial score (nSPS) is 24.4. The quantitative estimate of drug-likeness (QED) is 0.693. The summed E-state index contributed by atoms with van der Waals surface area (Å²) in [5, 5.41) is 0. The second kappa shape index (κ2) is 7.71. The van der Waals surface area contributed by atoms with E-state index in [0.29, 0.717) is 31.6 Å². The van der Waals surface area contributed by atoms with Crippen molar-refractivity contribution in [1.29, 1.82) is 0 Å². The van der Waals surface area contributed by atoms with Crippen molar-refractivity contribution in [3.63, 3.8) is 0 Å². The van der Waals surface area contributed by atoms with Crippen molar-refractivity contribution < 1.29 is 14.3 Å². The first-order chi connectivity index (χ1) is 8.56. The SMILES string of the molecule is CCOC1CC(CC(=O)N(C)CC(N)COC)C1. The molecule has 0 bridgehead atoms. The predicted octanol–water partition coefficient (Wildman–Crippen LogP) is 0.624. The zero-order valence-corrected chi connectivity index (χ0v) is 11.7. The van der Waals surface area contributed by atoms with Crippen molar-refractivity contribution in [2.24, 2.45) is 11.7 Å². The Morgan fingerprint density at radius 2 is 2.17 bits per heavy atom. The molecule has 106 valence electrons.